The Kier molecular flexibility index (Phi) is 10.8. The Morgan fingerprint density at radius 3 is 2.48 bits per heavy atom. The Bertz CT molecular complexity index is 1280. The van der Waals surface area contributed by atoms with E-state index in [1.807, 2.05) is 63.3 Å². The molecule has 2 aliphatic heterocycles. The molecule has 2 saturated heterocycles. The molecule has 11 nitrogen and oxygen atoms in total. The van der Waals surface area contributed by atoms with Gasteiger partial charge in [0.15, 0.2) is 6.29 Å². The number of aliphatic hydroxyl groups is 3. The number of amides is 2. The lowest BCUT2D eigenvalue weighted by Crippen LogP contribution is -2.59. The highest BCUT2D eigenvalue weighted by molar-refractivity contribution is 5.90. The molecule has 246 valence electrons. The summed E-state index contributed by atoms with van der Waals surface area (Å²) in [6, 6.07) is 6.72. The number of H-pyrrole nitrogens is 1. The second kappa shape index (κ2) is 13.8. The first kappa shape index (κ1) is 34.3. The highest BCUT2D eigenvalue weighted by atomic mass is 16.7. The summed E-state index contributed by atoms with van der Waals surface area (Å²) in [5.74, 6) is -2.55. The largest absolute Gasteiger partial charge is 0.392 e. The molecule has 11 atom stereocenters. The quantitative estimate of drug-likeness (QED) is 0.342. The van der Waals surface area contributed by atoms with Gasteiger partial charge in [-0.1, -0.05) is 39.0 Å². The lowest BCUT2D eigenvalue weighted by Gasteiger charge is -2.46. The van der Waals surface area contributed by atoms with Gasteiger partial charge in [0.2, 0.25) is 11.8 Å². The minimum absolute atomic E-state index is 0.164. The normalized spacial score (nSPS) is 38.2. The van der Waals surface area contributed by atoms with Gasteiger partial charge in [-0.05, 0) is 58.3 Å². The van der Waals surface area contributed by atoms with Crippen LogP contribution in [-0.2, 0) is 25.5 Å². The molecule has 1 aromatic heterocycles. The van der Waals surface area contributed by atoms with Crippen molar-refractivity contribution in [1.29, 1.82) is 0 Å². The van der Waals surface area contributed by atoms with Crippen molar-refractivity contribution in [3.63, 3.8) is 0 Å². The van der Waals surface area contributed by atoms with Crippen molar-refractivity contribution in [2.24, 2.45) is 17.8 Å². The molecule has 0 spiro atoms. The number of hydrogen-bond donors (Lipinski definition) is 5. The Morgan fingerprint density at radius 1 is 1.11 bits per heavy atom. The summed E-state index contributed by atoms with van der Waals surface area (Å²) < 4.78 is 12.4. The predicted molar refractivity (Wildman–Crippen MR) is 168 cm³/mol. The average Bonchev–Trinajstić information content (AvgIpc) is 3.36. The molecule has 1 aromatic carbocycles. The number of nitrogens with zero attached hydrogens (tertiary/aromatic N) is 2. The van der Waals surface area contributed by atoms with Gasteiger partial charge in [0.25, 0.3) is 0 Å². The van der Waals surface area contributed by atoms with E-state index < -0.39 is 54.0 Å². The van der Waals surface area contributed by atoms with E-state index in [0.717, 1.165) is 16.5 Å². The van der Waals surface area contributed by atoms with Crippen molar-refractivity contribution in [3.05, 3.63) is 36.0 Å². The number of likely N-dealkylation sites (N-methyl/N-ethyl adjacent to an activating group) is 2. The maximum Gasteiger partial charge on any atom is 0.245 e. The van der Waals surface area contributed by atoms with E-state index in [0.29, 0.717) is 13.0 Å². The van der Waals surface area contributed by atoms with Gasteiger partial charge in [-0.2, -0.15) is 0 Å². The van der Waals surface area contributed by atoms with Crippen molar-refractivity contribution in [2.45, 2.75) is 102 Å². The van der Waals surface area contributed by atoms with Crippen LogP contribution in [0.3, 0.4) is 0 Å². The van der Waals surface area contributed by atoms with Gasteiger partial charge in [0, 0.05) is 49.1 Å². The number of rotatable bonds is 5. The zero-order chi connectivity index (χ0) is 32.5. The minimum Gasteiger partial charge on any atom is -0.392 e. The summed E-state index contributed by atoms with van der Waals surface area (Å²) in [7, 11) is 5.47. The number of benzene rings is 1. The summed E-state index contributed by atoms with van der Waals surface area (Å²) in [6.45, 7) is 9.18. The van der Waals surface area contributed by atoms with Crippen LogP contribution in [0.25, 0.3) is 10.9 Å². The number of fused-ring (bicyclic) bond motifs is 1. The SMILES string of the molecule is C[C@H]1CN(C)C(=O)[C@H](Cc2c[nH]c3ccccc23)NC(=O)[C@H](C)[C@@H](O)[C@H](C)[C@@H](O[C@@H]2O[C@H](C)C[C@H](N(C)C)[C@H]2O)[C@](C)(O)C1. The van der Waals surface area contributed by atoms with Gasteiger partial charge >= 0.3 is 0 Å². The highest BCUT2D eigenvalue weighted by Crippen LogP contribution is 2.35. The van der Waals surface area contributed by atoms with Gasteiger partial charge in [-0.25, -0.2) is 0 Å². The molecule has 3 heterocycles. The Balaban J connectivity index is 1.64. The number of para-hydroxylation sites is 1. The van der Waals surface area contributed by atoms with E-state index in [2.05, 4.69) is 10.3 Å². The van der Waals surface area contributed by atoms with Crippen LogP contribution in [0.2, 0.25) is 0 Å². The summed E-state index contributed by atoms with van der Waals surface area (Å²) >= 11 is 0. The van der Waals surface area contributed by atoms with E-state index in [1.165, 1.54) is 0 Å². The molecule has 2 aromatic rings. The molecule has 2 amide bonds. The third-order valence-corrected chi connectivity index (χ3v) is 9.55. The fourth-order valence-corrected chi connectivity index (χ4v) is 7.16. The molecule has 0 aliphatic carbocycles. The lowest BCUT2D eigenvalue weighted by atomic mass is 9.78. The van der Waals surface area contributed by atoms with Crippen molar-refractivity contribution in [3.8, 4) is 0 Å². The standard InChI is InChI=1S/C33H52N4O7/c1-18-15-33(5,42)29(44-32-28(39)26(36(6)7)13-19(2)43-32)20(3)27(38)21(4)30(40)35-25(31(41)37(8)17-18)14-22-16-34-24-12-10-9-11-23(22)24/h9-12,16,18-21,25-29,32,34,38-39,42H,13-15,17H2,1-8H3,(H,35,40)/t18-,19-,20+,21-,25+,26+,27+,28-,29-,32+,33-/m1/s1. The zero-order valence-corrected chi connectivity index (χ0v) is 27.4. The molecule has 4 rings (SSSR count). The van der Waals surface area contributed by atoms with Gasteiger partial charge in [0.1, 0.15) is 12.1 Å². The van der Waals surface area contributed by atoms with Crippen LogP contribution in [0, 0.1) is 17.8 Å². The Labute approximate surface area is 260 Å². The second-order valence-corrected chi connectivity index (χ2v) is 13.8. The van der Waals surface area contributed by atoms with E-state index in [1.54, 1.807) is 32.7 Å². The van der Waals surface area contributed by atoms with E-state index in [-0.39, 0.29) is 36.8 Å². The number of aromatic amines is 1. The first-order valence-electron chi connectivity index (χ1n) is 15.8. The fourth-order valence-electron chi connectivity index (χ4n) is 7.16. The molecule has 0 saturated carbocycles. The molecule has 5 N–H and O–H groups in total. The zero-order valence-electron chi connectivity index (χ0n) is 27.4. The summed E-state index contributed by atoms with van der Waals surface area (Å²) in [4.78, 5) is 34.2. The summed E-state index contributed by atoms with van der Waals surface area (Å²) in [6.07, 6.45) is -1.47. The molecule has 0 unspecified atom stereocenters. The number of ether oxygens (including phenoxy) is 2. The number of carbonyl (C=O) groups is 2. The fraction of sp³-hybridized carbons (Fsp3) is 0.697. The third kappa shape index (κ3) is 7.46. The van der Waals surface area contributed by atoms with E-state index in [9.17, 15) is 24.9 Å². The van der Waals surface area contributed by atoms with Crippen LogP contribution < -0.4 is 5.32 Å². The first-order chi connectivity index (χ1) is 20.6. The molecular formula is C33H52N4O7. The third-order valence-electron chi connectivity index (χ3n) is 9.55. The Hall–Kier alpha value is -2.54. The average molecular weight is 617 g/mol. The molecule has 2 fully saturated rings. The lowest BCUT2D eigenvalue weighted by molar-refractivity contribution is -0.299. The topological polar surface area (TPSA) is 148 Å². The highest BCUT2D eigenvalue weighted by Gasteiger charge is 2.48. The maximum absolute atomic E-state index is 13.8. The van der Waals surface area contributed by atoms with Crippen molar-refractivity contribution >= 4 is 22.7 Å². The van der Waals surface area contributed by atoms with Crippen LogP contribution >= 0.6 is 0 Å². The molecular weight excluding hydrogens is 564 g/mol. The van der Waals surface area contributed by atoms with Gasteiger partial charge in [-0.3, -0.25) is 9.59 Å². The minimum atomic E-state index is -1.49. The van der Waals surface area contributed by atoms with Crippen LogP contribution in [0.15, 0.2) is 30.5 Å². The van der Waals surface area contributed by atoms with Crippen molar-refractivity contribution < 1.29 is 34.4 Å². The smallest absolute Gasteiger partial charge is 0.245 e. The number of aromatic nitrogens is 1. The van der Waals surface area contributed by atoms with Crippen LogP contribution in [-0.4, -0.2) is 118 Å². The van der Waals surface area contributed by atoms with Gasteiger partial charge < -0.3 is 44.9 Å². The first-order valence-corrected chi connectivity index (χ1v) is 15.8. The molecule has 2 aliphatic rings. The molecule has 44 heavy (non-hydrogen) atoms. The van der Waals surface area contributed by atoms with Crippen LogP contribution in [0.4, 0.5) is 0 Å². The molecule has 11 heteroatoms. The summed E-state index contributed by atoms with van der Waals surface area (Å²) in [5.41, 5.74) is 0.353. The molecule has 0 radical (unpaired) electrons. The Morgan fingerprint density at radius 2 is 1.80 bits per heavy atom. The number of aliphatic hydroxyl groups excluding tert-OH is 2. The van der Waals surface area contributed by atoms with Crippen molar-refractivity contribution in [2.75, 3.05) is 27.7 Å². The van der Waals surface area contributed by atoms with E-state index >= 15 is 0 Å². The van der Waals surface area contributed by atoms with Crippen molar-refractivity contribution in [1.82, 2.24) is 20.1 Å². The number of carbonyl (C=O) groups excluding carboxylic acids is 2. The van der Waals surface area contributed by atoms with Gasteiger partial charge in [0.05, 0.1) is 29.8 Å². The van der Waals surface area contributed by atoms with E-state index in [4.69, 9.17) is 9.47 Å². The number of nitrogens with one attached hydrogen (secondary N) is 2. The predicted octanol–water partition coefficient (Wildman–Crippen LogP) is 1.89. The molecule has 0 bridgehead atoms. The second-order valence-electron chi connectivity index (χ2n) is 13.8. The maximum atomic E-state index is 13.8. The van der Waals surface area contributed by atoms with Gasteiger partial charge in [-0.15, -0.1) is 0 Å². The number of hydrogen-bond acceptors (Lipinski definition) is 8. The monoisotopic (exact) mass is 616 g/mol. The summed E-state index contributed by atoms with van der Waals surface area (Å²) in [5, 5.41) is 38.6. The van der Waals surface area contributed by atoms with Crippen LogP contribution in [0.1, 0.15) is 53.0 Å². The van der Waals surface area contributed by atoms with Crippen LogP contribution in [0.5, 0.6) is 0 Å².